The largest absolute Gasteiger partial charge is 0.480 e. The second-order valence-electron chi connectivity index (χ2n) is 1.80. The third kappa shape index (κ3) is 3.34. The van der Waals surface area contributed by atoms with Crippen molar-refractivity contribution >= 4 is 24.5 Å². The molecule has 10 heavy (non-hydrogen) atoms. The van der Waals surface area contributed by atoms with Gasteiger partial charge in [-0.15, -0.1) is 0 Å². The van der Waals surface area contributed by atoms with Crippen LogP contribution in [-0.4, -0.2) is 41.2 Å². The zero-order chi connectivity index (χ0) is 8.15. The van der Waals surface area contributed by atoms with Crippen LogP contribution in [0.15, 0.2) is 0 Å². The van der Waals surface area contributed by atoms with Crippen molar-refractivity contribution in [3.63, 3.8) is 0 Å². The quantitative estimate of drug-likeness (QED) is 0.549. The molecular formula is C5H9NO3S. The number of nitrogens with zero attached hydrogens (tertiary/aromatic N) is 1. The summed E-state index contributed by atoms with van der Waals surface area (Å²) in [5, 5.41) is 8.21. The van der Waals surface area contributed by atoms with Crippen molar-refractivity contribution in [2.75, 3.05) is 19.3 Å². The molecule has 0 saturated carbocycles. The minimum absolute atomic E-state index is 0.0454. The predicted octanol–water partition coefficient (Wildman–Crippen LogP) is -0.541. The molecule has 0 aliphatic heterocycles. The molecule has 0 aliphatic carbocycles. The van der Waals surface area contributed by atoms with Gasteiger partial charge in [-0.25, -0.2) is 0 Å². The van der Waals surface area contributed by atoms with E-state index in [0.717, 1.165) is 4.90 Å². The highest BCUT2D eigenvalue weighted by Gasteiger charge is 2.08. The molecule has 0 aliphatic rings. The minimum Gasteiger partial charge on any atom is -0.480 e. The number of rotatable bonds is 3. The molecule has 0 radical (unpaired) electrons. The average Bonchev–Trinajstić information content (AvgIpc) is 1.85. The molecule has 0 aromatic carbocycles. The van der Waals surface area contributed by atoms with E-state index in [1.54, 1.807) is 0 Å². The number of thiol groups is 1. The van der Waals surface area contributed by atoms with Crippen molar-refractivity contribution in [3.8, 4) is 0 Å². The predicted molar refractivity (Wildman–Crippen MR) is 39.1 cm³/mol. The monoisotopic (exact) mass is 163 g/mol. The molecule has 0 aromatic heterocycles. The van der Waals surface area contributed by atoms with Crippen LogP contribution >= 0.6 is 12.6 Å². The summed E-state index contributed by atoms with van der Waals surface area (Å²) < 4.78 is 0. The normalized spacial score (nSPS) is 9.00. The van der Waals surface area contributed by atoms with Crippen molar-refractivity contribution in [3.05, 3.63) is 0 Å². The standard InChI is InChI=1S/C5H9NO3S/c1-6(2-5(8)9)4(7)3-10/h10H,2-3H2,1H3,(H,8,9). The number of hydrogen-bond acceptors (Lipinski definition) is 3. The number of carboxylic acids is 1. The third-order valence-electron chi connectivity index (χ3n) is 0.933. The van der Waals surface area contributed by atoms with Crippen LogP contribution in [0.25, 0.3) is 0 Å². The molecule has 0 fully saturated rings. The second-order valence-corrected chi connectivity index (χ2v) is 2.12. The topological polar surface area (TPSA) is 57.6 Å². The highest BCUT2D eigenvalue weighted by molar-refractivity contribution is 7.81. The zero-order valence-corrected chi connectivity index (χ0v) is 6.47. The van der Waals surface area contributed by atoms with Gasteiger partial charge in [0.25, 0.3) is 0 Å². The SMILES string of the molecule is CN(CC(=O)O)C(=O)CS. The Kier molecular flexibility index (Phi) is 3.87. The summed E-state index contributed by atoms with van der Waals surface area (Å²) in [6.07, 6.45) is 0. The number of carbonyl (C=O) groups excluding carboxylic acids is 1. The van der Waals surface area contributed by atoms with Crippen LogP contribution in [0.1, 0.15) is 0 Å². The molecule has 0 saturated heterocycles. The van der Waals surface area contributed by atoms with Gasteiger partial charge in [0.1, 0.15) is 6.54 Å². The summed E-state index contributed by atoms with van der Waals surface area (Å²) in [4.78, 5) is 21.8. The Labute approximate surface area is 64.2 Å². The van der Waals surface area contributed by atoms with E-state index in [1.165, 1.54) is 7.05 Å². The van der Waals surface area contributed by atoms with E-state index in [9.17, 15) is 9.59 Å². The fraction of sp³-hybridized carbons (Fsp3) is 0.600. The molecule has 0 unspecified atom stereocenters. The summed E-state index contributed by atoms with van der Waals surface area (Å²) in [6.45, 7) is -0.264. The van der Waals surface area contributed by atoms with E-state index in [-0.39, 0.29) is 18.2 Å². The van der Waals surface area contributed by atoms with Gasteiger partial charge in [0.15, 0.2) is 0 Å². The van der Waals surface area contributed by atoms with Crippen LogP contribution in [0.5, 0.6) is 0 Å². The van der Waals surface area contributed by atoms with E-state index >= 15 is 0 Å². The van der Waals surface area contributed by atoms with Crippen molar-refractivity contribution < 1.29 is 14.7 Å². The maximum Gasteiger partial charge on any atom is 0.323 e. The van der Waals surface area contributed by atoms with Crippen LogP contribution in [-0.2, 0) is 9.59 Å². The lowest BCUT2D eigenvalue weighted by molar-refractivity contribution is -0.142. The van der Waals surface area contributed by atoms with Gasteiger partial charge < -0.3 is 10.0 Å². The Bertz CT molecular complexity index is 148. The molecule has 5 heteroatoms. The average molecular weight is 163 g/mol. The molecule has 0 aromatic rings. The van der Waals surface area contributed by atoms with Crippen molar-refractivity contribution in [1.29, 1.82) is 0 Å². The molecule has 0 rings (SSSR count). The maximum atomic E-state index is 10.6. The van der Waals surface area contributed by atoms with Gasteiger partial charge in [-0.1, -0.05) is 0 Å². The number of amides is 1. The Morgan fingerprint density at radius 1 is 1.60 bits per heavy atom. The molecule has 1 N–H and O–H groups in total. The Balaban J connectivity index is 3.72. The van der Waals surface area contributed by atoms with Crippen molar-refractivity contribution in [2.45, 2.75) is 0 Å². The van der Waals surface area contributed by atoms with Crippen LogP contribution in [0, 0.1) is 0 Å². The molecule has 58 valence electrons. The zero-order valence-electron chi connectivity index (χ0n) is 5.57. The Hall–Kier alpha value is -0.710. The van der Waals surface area contributed by atoms with E-state index in [4.69, 9.17) is 5.11 Å². The van der Waals surface area contributed by atoms with Crippen molar-refractivity contribution in [1.82, 2.24) is 4.90 Å². The second kappa shape index (κ2) is 4.16. The number of carboxylic acid groups (broad SMARTS) is 1. The summed E-state index contributed by atoms with van der Waals surface area (Å²) in [6, 6.07) is 0. The first kappa shape index (κ1) is 9.29. The smallest absolute Gasteiger partial charge is 0.323 e. The van der Waals surface area contributed by atoms with Crippen LogP contribution in [0.3, 0.4) is 0 Å². The Morgan fingerprint density at radius 3 is 2.40 bits per heavy atom. The minimum atomic E-state index is -1.02. The van der Waals surface area contributed by atoms with Crippen LogP contribution < -0.4 is 0 Å². The van der Waals surface area contributed by atoms with E-state index in [1.807, 2.05) is 0 Å². The third-order valence-corrected chi connectivity index (χ3v) is 1.20. The summed E-state index contributed by atoms with van der Waals surface area (Å²) >= 11 is 3.69. The van der Waals surface area contributed by atoms with Gasteiger partial charge in [-0.2, -0.15) is 12.6 Å². The van der Waals surface area contributed by atoms with Gasteiger partial charge in [-0.3, -0.25) is 9.59 Å². The van der Waals surface area contributed by atoms with Crippen molar-refractivity contribution in [2.24, 2.45) is 0 Å². The molecule has 0 heterocycles. The summed E-state index contributed by atoms with van der Waals surface area (Å²) in [7, 11) is 1.42. The van der Waals surface area contributed by atoms with E-state index < -0.39 is 5.97 Å². The van der Waals surface area contributed by atoms with E-state index in [0.29, 0.717) is 0 Å². The summed E-state index contributed by atoms with van der Waals surface area (Å²) in [5.41, 5.74) is 0. The number of aliphatic carboxylic acids is 1. The number of carbonyl (C=O) groups is 2. The van der Waals surface area contributed by atoms with Crippen LogP contribution in [0.4, 0.5) is 0 Å². The fourth-order valence-corrected chi connectivity index (χ4v) is 0.653. The first-order valence-corrected chi connectivity index (χ1v) is 3.27. The molecule has 0 atom stereocenters. The first-order valence-electron chi connectivity index (χ1n) is 2.64. The molecule has 4 nitrogen and oxygen atoms in total. The Morgan fingerprint density at radius 2 is 2.10 bits per heavy atom. The summed E-state index contributed by atoms with van der Waals surface area (Å²) in [5.74, 6) is -1.26. The van der Waals surface area contributed by atoms with Crippen LogP contribution in [0.2, 0.25) is 0 Å². The van der Waals surface area contributed by atoms with Gasteiger partial charge in [0.2, 0.25) is 5.91 Å². The van der Waals surface area contributed by atoms with Gasteiger partial charge in [0, 0.05) is 7.05 Å². The molecule has 0 bridgehead atoms. The number of likely N-dealkylation sites (N-methyl/N-ethyl adjacent to an activating group) is 1. The van der Waals surface area contributed by atoms with Gasteiger partial charge in [-0.05, 0) is 0 Å². The molecule has 1 amide bonds. The molecule has 0 spiro atoms. The van der Waals surface area contributed by atoms with Gasteiger partial charge in [0.05, 0.1) is 5.75 Å². The molecular weight excluding hydrogens is 154 g/mol. The maximum absolute atomic E-state index is 10.6. The lowest BCUT2D eigenvalue weighted by atomic mass is 10.5. The number of hydrogen-bond donors (Lipinski definition) is 2. The lowest BCUT2D eigenvalue weighted by Gasteiger charge is -2.11. The highest BCUT2D eigenvalue weighted by Crippen LogP contribution is 1.86. The first-order chi connectivity index (χ1) is 4.57. The fourth-order valence-electron chi connectivity index (χ4n) is 0.412. The van der Waals surface area contributed by atoms with E-state index in [2.05, 4.69) is 12.6 Å². The van der Waals surface area contributed by atoms with Gasteiger partial charge >= 0.3 is 5.97 Å². The lowest BCUT2D eigenvalue weighted by Crippen LogP contribution is -2.32. The highest BCUT2D eigenvalue weighted by atomic mass is 32.1.